The summed E-state index contributed by atoms with van der Waals surface area (Å²) in [6.45, 7) is 0. The second kappa shape index (κ2) is 5.21. The number of hydrogen-bond acceptors (Lipinski definition) is 3. The summed E-state index contributed by atoms with van der Waals surface area (Å²) in [6.07, 6.45) is 3.50. The van der Waals surface area contributed by atoms with Crippen molar-refractivity contribution in [2.45, 2.75) is 0 Å². The van der Waals surface area contributed by atoms with Crippen LogP contribution in [0.3, 0.4) is 0 Å². The van der Waals surface area contributed by atoms with Gasteiger partial charge in [0.05, 0.1) is 33.4 Å². The van der Waals surface area contributed by atoms with Crippen LogP contribution in [0.1, 0.15) is 0 Å². The van der Waals surface area contributed by atoms with E-state index in [0.717, 1.165) is 27.8 Å². The molecule has 120 valence electrons. The maximum atomic E-state index is 10.6. The molecule has 0 radical (unpaired) electrons. The lowest BCUT2D eigenvalue weighted by Gasteiger charge is -2.10. The number of nitrogens with zero attached hydrogens (tertiary/aromatic N) is 4. The molecule has 0 aliphatic carbocycles. The number of phenols is 1. The van der Waals surface area contributed by atoms with E-state index >= 15 is 0 Å². The molecule has 5 rings (SSSR count). The number of hydrogen-bond donors (Lipinski definition) is 1. The average molecular weight is 326 g/mol. The highest BCUT2D eigenvalue weighted by molar-refractivity contribution is 5.79. The Hall–Kier alpha value is -3.60. The van der Waals surface area contributed by atoms with E-state index in [1.54, 1.807) is 18.7 Å². The Kier molecular flexibility index (Phi) is 2.87. The molecule has 25 heavy (non-hydrogen) atoms. The lowest BCUT2D eigenvalue weighted by molar-refractivity contribution is 0.472. The molecule has 0 amide bonds. The van der Waals surface area contributed by atoms with Crippen molar-refractivity contribution in [3.05, 3.63) is 79.4 Å². The number of fused-ring (bicyclic) bond motifs is 2. The molecule has 5 aromatic rings. The van der Waals surface area contributed by atoms with Gasteiger partial charge in [0.15, 0.2) is 0 Å². The maximum absolute atomic E-state index is 10.6. The van der Waals surface area contributed by atoms with E-state index in [1.165, 1.54) is 0 Å². The van der Waals surface area contributed by atoms with Crippen molar-refractivity contribution in [3.63, 3.8) is 0 Å². The molecule has 2 aromatic heterocycles. The van der Waals surface area contributed by atoms with Crippen molar-refractivity contribution in [1.82, 2.24) is 19.1 Å². The van der Waals surface area contributed by atoms with Crippen LogP contribution in [0, 0.1) is 0 Å². The van der Waals surface area contributed by atoms with Crippen molar-refractivity contribution in [2.24, 2.45) is 0 Å². The van der Waals surface area contributed by atoms with Gasteiger partial charge in [-0.1, -0.05) is 24.3 Å². The molecule has 0 bridgehead atoms. The van der Waals surface area contributed by atoms with Gasteiger partial charge in [-0.2, -0.15) is 0 Å². The monoisotopic (exact) mass is 326 g/mol. The summed E-state index contributed by atoms with van der Waals surface area (Å²) >= 11 is 0. The molecule has 0 aliphatic heterocycles. The number of aromatic hydroxyl groups is 1. The fourth-order valence-corrected chi connectivity index (χ4v) is 3.18. The highest BCUT2D eigenvalue weighted by Gasteiger charge is 2.11. The molecule has 0 aliphatic rings. The van der Waals surface area contributed by atoms with E-state index in [0.29, 0.717) is 5.69 Å². The molecular weight excluding hydrogens is 312 g/mol. The fraction of sp³-hybridized carbons (Fsp3) is 0. The fourth-order valence-electron chi connectivity index (χ4n) is 3.18. The third kappa shape index (κ3) is 2.10. The third-order valence-corrected chi connectivity index (χ3v) is 4.40. The van der Waals surface area contributed by atoms with Crippen LogP contribution in [0.5, 0.6) is 5.75 Å². The minimum atomic E-state index is 0.193. The molecule has 5 heteroatoms. The molecule has 2 heterocycles. The van der Waals surface area contributed by atoms with Crippen LogP contribution in [-0.2, 0) is 0 Å². The molecule has 0 atom stereocenters. The molecule has 0 spiro atoms. The van der Waals surface area contributed by atoms with Crippen LogP contribution in [-0.4, -0.2) is 24.2 Å². The number of phenolic OH excluding ortho intramolecular Hbond substituents is 1. The van der Waals surface area contributed by atoms with E-state index < -0.39 is 0 Å². The third-order valence-electron chi connectivity index (χ3n) is 4.40. The Bertz CT molecular complexity index is 1220. The second-order valence-corrected chi connectivity index (χ2v) is 5.88. The molecule has 0 saturated heterocycles. The summed E-state index contributed by atoms with van der Waals surface area (Å²) in [4.78, 5) is 8.79. The van der Waals surface area contributed by atoms with Crippen LogP contribution in [0.25, 0.3) is 33.4 Å². The lowest BCUT2D eigenvalue weighted by Crippen LogP contribution is -1.96. The topological polar surface area (TPSA) is 55.9 Å². The van der Waals surface area contributed by atoms with Gasteiger partial charge in [-0.05, 0) is 36.4 Å². The van der Waals surface area contributed by atoms with Gasteiger partial charge in [0.1, 0.15) is 18.4 Å². The highest BCUT2D eigenvalue weighted by atomic mass is 16.3. The van der Waals surface area contributed by atoms with Crippen molar-refractivity contribution in [1.29, 1.82) is 0 Å². The first-order valence-electron chi connectivity index (χ1n) is 7.99. The summed E-state index contributed by atoms with van der Waals surface area (Å²) in [6, 6.07) is 21.4. The van der Waals surface area contributed by atoms with Gasteiger partial charge in [0.25, 0.3) is 0 Å². The quantitative estimate of drug-likeness (QED) is 0.532. The Morgan fingerprint density at radius 1 is 0.680 bits per heavy atom. The molecule has 0 saturated carbocycles. The summed E-state index contributed by atoms with van der Waals surface area (Å²) in [5, 5.41) is 10.6. The summed E-state index contributed by atoms with van der Waals surface area (Å²) in [5.74, 6) is 0.193. The van der Waals surface area contributed by atoms with E-state index in [2.05, 4.69) is 9.97 Å². The van der Waals surface area contributed by atoms with Gasteiger partial charge in [0, 0.05) is 6.07 Å². The summed E-state index contributed by atoms with van der Waals surface area (Å²) in [5.41, 5.74) is 5.33. The largest absolute Gasteiger partial charge is 0.506 e. The average Bonchev–Trinajstić information content (AvgIpc) is 3.26. The Balaban J connectivity index is 1.65. The molecule has 1 N–H and O–H groups in total. The van der Waals surface area contributed by atoms with E-state index in [1.807, 2.05) is 69.8 Å². The lowest BCUT2D eigenvalue weighted by atomic mass is 10.2. The van der Waals surface area contributed by atoms with Crippen LogP contribution in [0.2, 0.25) is 0 Å². The van der Waals surface area contributed by atoms with Gasteiger partial charge >= 0.3 is 0 Å². The standard InChI is InChI=1S/C20H14N4O/c25-20-11-14(23-12-21-15-5-1-3-7-17(15)23)9-10-19(20)24-13-22-16-6-2-4-8-18(16)24/h1-13,25H. The highest BCUT2D eigenvalue weighted by Crippen LogP contribution is 2.29. The molecule has 0 fully saturated rings. The van der Waals surface area contributed by atoms with Crippen molar-refractivity contribution >= 4 is 22.1 Å². The maximum Gasteiger partial charge on any atom is 0.141 e. The van der Waals surface area contributed by atoms with Crippen molar-refractivity contribution in [3.8, 4) is 17.1 Å². The Labute approximate surface area is 143 Å². The van der Waals surface area contributed by atoms with Crippen molar-refractivity contribution in [2.75, 3.05) is 0 Å². The summed E-state index contributed by atoms with van der Waals surface area (Å²) in [7, 11) is 0. The van der Waals surface area contributed by atoms with E-state index in [9.17, 15) is 5.11 Å². The molecule has 5 nitrogen and oxygen atoms in total. The van der Waals surface area contributed by atoms with E-state index in [4.69, 9.17) is 0 Å². The minimum absolute atomic E-state index is 0.193. The molecular formula is C20H14N4O. The first kappa shape index (κ1) is 13.8. The van der Waals surface area contributed by atoms with Gasteiger partial charge in [-0.15, -0.1) is 0 Å². The SMILES string of the molecule is Oc1cc(-n2cnc3ccccc32)ccc1-n1cnc2ccccc21. The zero-order chi connectivity index (χ0) is 16.8. The number of aromatic nitrogens is 4. The minimum Gasteiger partial charge on any atom is -0.506 e. The van der Waals surface area contributed by atoms with Crippen molar-refractivity contribution < 1.29 is 5.11 Å². The van der Waals surface area contributed by atoms with E-state index in [-0.39, 0.29) is 5.75 Å². The van der Waals surface area contributed by atoms with Crippen LogP contribution >= 0.6 is 0 Å². The number of rotatable bonds is 2. The zero-order valence-electron chi connectivity index (χ0n) is 13.2. The predicted octanol–water partition coefficient (Wildman–Crippen LogP) is 4.07. The Morgan fingerprint density at radius 2 is 1.28 bits per heavy atom. The number of imidazole rings is 2. The van der Waals surface area contributed by atoms with Crippen LogP contribution in [0.15, 0.2) is 79.4 Å². The van der Waals surface area contributed by atoms with Gasteiger partial charge < -0.3 is 5.11 Å². The first-order valence-corrected chi connectivity index (χ1v) is 7.99. The van der Waals surface area contributed by atoms with Crippen LogP contribution in [0.4, 0.5) is 0 Å². The number of para-hydroxylation sites is 4. The van der Waals surface area contributed by atoms with Gasteiger partial charge in [0.2, 0.25) is 0 Å². The van der Waals surface area contributed by atoms with Gasteiger partial charge in [-0.3, -0.25) is 9.13 Å². The second-order valence-electron chi connectivity index (χ2n) is 5.88. The molecule has 3 aromatic carbocycles. The predicted molar refractivity (Wildman–Crippen MR) is 97.4 cm³/mol. The van der Waals surface area contributed by atoms with Crippen LogP contribution < -0.4 is 0 Å². The Morgan fingerprint density at radius 3 is 1.96 bits per heavy atom. The smallest absolute Gasteiger partial charge is 0.141 e. The van der Waals surface area contributed by atoms with Gasteiger partial charge in [-0.25, -0.2) is 9.97 Å². The summed E-state index contributed by atoms with van der Waals surface area (Å²) < 4.78 is 3.85. The zero-order valence-corrected chi connectivity index (χ0v) is 13.2. The normalized spacial score (nSPS) is 11.4. The molecule has 0 unspecified atom stereocenters. The first-order chi connectivity index (χ1) is 12.3. The number of benzene rings is 3.